The Morgan fingerprint density at radius 2 is 1.78 bits per heavy atom. The van der Waals surface area contributed by atoms with Crippen molar-refractivity contribution in [2.24, 2.45) is 0 Å². The SMILES string of the molecule is Cc1cc(C(=O)COc2cccc(Cl)c2Cl)c(C)n1CCc1ccccc1. The zero-order chi connectivity index (χ0) is 19.4. The second-order valence-electron chi connectivity index (χ2n) is 6.44. The molecule has 0 fully saturated rings. The van der Waals surface area contributed by atoms with Crippen LogP contribution in [0, 0.1) is 13.8 Å². The lowest BCUT2D eigenvalue weighted by atomic mass is 10.1. The van der Waals surface area contributed by atoms with Gasteiger partial charge in [-0.3, -0.25) is 4.79 Å². The van der Waals surface area contributed by atoms with E-state index in [-0.39, 0.29) is 12.4 Å². The average Bonchev–Trinajstić information content (AvgIpc) is 2.96. The highest BCUT2D eigenvalue weighted by Crippen LogP contribution is 2.31. The van der Waals surface area contributed by atoms with Crippen molar-refractivity contribution < 1.29 is 9.53 Å². The van der Waals surface area contributed by atoms with Crippen LogP contribution in [0.3, 0.4) is 0 Å². The molecule has 0 unspecified atom stereocenters. The molecule has 27 heavy (non-hydrogen) atoms. The molecule has 140 valence electrons. The summed E-state index contributed by atoms with van der Waals surface area (Å²) in [6.45, 7) is 4.74. The molecule has 2 aromatic carbocycles. The fourth-order valence-corrected chi connectivity index (χ4v) is 3.48. The Labute approximate surface area is 169 Å². The van der Waals surface area contributed by atoms with Crippen molar-refractivity contribution in [2.75, 3.05) is 6.61 Å². The molecule has 0 N–H and O–H groups in total. The average molecular weight is 402 g/mol. The van der Waals surface area contributed by atoms with Crippen molar-refractivity contribution in [1.29, 1.82) is 0 Å². The van der Waals surface area contributed by atoms with E-state index < -0.39 is 0 Å². The third kappa shape index (κ3) is 4.55. The molecule has 3 rings (SSSR count). The number of carbonyl (C=O) groups is 1. The predicted molar refractivity (Wildman–Crippen MR) is 110 cm³/mol. The summed E-state index contributed by atoms with van der Waals surface area (Å²) >= 11 is 12.1. The quantitative estimate of drug-likeness (QED) is 0.460. The number of Topliss-reactive ketones (excluding diaryl/α,β-unsaturated/α-hetero) is 1. The molecule has 0 saturated heterocycles. The standard InChI is InChI=1S/C22H21Cl2NO2/c1-15-13-18(16(2)25(15)12-11-17-7-4-3-5-8-17)20(26)14-27-21-10-6-9-19(23)22(21)24/h3-10,13H,11-12,14H2,1-2H3. The van der Waals surface area contributed by atoms with Crippen LogP contribution in [0.1, 0.15) is 27.3 Å². The number of carbonyl (C=O) groups excluding carboxylic acids is 1. The van der Waals surface area contributed by atoms with E-state index in [0.29, 0.717) is 21.4 Å². The molecule has 0 aliphatic rings. The monoisotopic (exact) mass is 401 g/mol. The number of halogens is 2. The highest BCUT2D eigenvalue weighted by atomic mass is 35.5. The lowest BCUT2D eigenvalue weighted by Gasteiger charge is -2.11. The fraction of sp³-hybridized carbons (Fsp3) is 0.227. The second kappa shape index (κ2) is 8.64. The van der Waals surface area contributed by atoms with Gasteiger partial charge in [0.2, 0.25) is 5.78 Å². The van der Waals surface area contributed by atoms with Gasteiger partial charge in [-0.15, -0.1) is 0 Å². The molecular formula is C22H21Cl2NO2. The van der Waals surface area contributed by atoms with Crippen molar-refractivity contribution in [3.05, 3.63) is 87.2 Å². The van der Waals surface area contributed by atoms with E-state index in [9.17, 15) is 4.79 Å². The molecule has 0 radical (unpaired) electrons. The Kier molecular flexibility index (Phi) is 6.25. The summed E-state index contributed by atoms with van der Waals surface area (Å²) in [4.78, 5) is 12.7. The fourth-order valence-electron chi connectivity index (χ4n) is 3.13. The van der Waals surface area contributed by atoms with E-state index in [1.54, 1.807) is 18.2 Å². The number of nitrogens with zero attached hydrogens (tertiary/aromatic N) is 1. The van der Waals surface area contributed by atoms with Crippen LogP contribution in [-0.2, 0) is 13.0 Å². The number of rotatable bonds is 7. The van der Waals surface area contributed by atoms with Crippen LogP contribution < -0.4 is 4.74 Å². The zero-order valence-electron chi connectivity index (χ0n) is 15.3. The lowest BCUT2D eigenvalue weighted by molar-refractivity contribution is 0.0921. The van der Waals surface area contributed by atoms with Gasteiger partial charge in [-0.05, 0) is 44.0 Å². The summed E-state index contributed by atoms with van der Waals surface area (Å²) in [5.41, 5.74) is 3.97. The molecule has 0 atom stereocenters. The van der Waals surface area contributed by atoms with Gasteiger partial charge in [0.1, 0.15) is 10.8 Å². The maximum Gasteiger partial charge on any atom is 0.202 e. The van der Waals surface area contributed by atoms with E-state index >= 15 is 0 Å². The highest BCUT2D eigenvalue weighted by Gasteiger charge is 2.17. The minimum absolute atomic E-state index is 0.0786. The number of benzene rings is 2. The largest absolute Gasteiger partial charge is 0.484 e. The molecule has 0 aliphatic carbocycles. The van der Waals surface area contributed by atoms with Gasteiger partial charge in [-0.1, -0.05) is 59.6 Å². The first-order valence-electron chi connectivity index (χ1n) is 8.78. The topological polar surface area (TPSA) is 31.2 Å². The van der Waals surface area contributed by atoms with Gasteiger partial charge in [-0.25, -0.2) is 0 Å². The summed E-state index contributed by atoms with van der Waals surface area (Å²) in [5.74, 6) is 0.334. The Hall–Kier alpha value is -2.23. The lowest BCUT2D eigenvalue weighted by Crippen LogP contribution is -2.13. The van der Waals surface area contributed by atoms with Crippen LogP contribution in [0.2, 0.25) is 10.0 Å². The van der Waals surface area contributed by atoms with Gasteiger partial charge in [0.05, 0.1) is 5.02 Å². The van der Waals surface area contributed by atoms with Crippen LogP contribution in [0.15, 0.2) is 54.6 Å². The molecular weight excluding hydrogens is 381 g/mol. The van der Waals surface area contributed by atoms with E-state index in [4.69, 9.17) is 27.9 Å². The first-order valence-corrected chi connectivity index (χ1v) is 9.53. The molecule has 0 amide bonds. The third-order valence-corrected chi connectivity index (χ3v) is 5.42. The molecule has 0 spiro atoms. The third-order valence-electron chi connectivity index (χ3n) is 4.62. The van der Waals surface area contributed by atoms with Gasteiger partial charge < -0.3 is 9.30 Å². The van der Waals surface area contributed by atoms with Crippen molar-refractivity contribution in [1.82, 2.24) is 4.57 Å². The first kappa shape index (κ1) is 19.5. The van der Waals surface area contributed by atoms with Gasteiger partial charge in [0.25, 0.3) is 0 Å². The van der Waals surface area contributed by atoms with E-state index in [1.807, 2.05) is 38.1 Å². The van der Waals surface area contributed by atoms with Crippen molar-refractivity contribution in [3.8, 4) is 5.75 Å². The van der Waals surface area contributed by atoms with Gasteiger partial charge in [0, 0.05) is 23.5 Å². The maximum absolute atomic E-state index is 12.7. The van der Waals surface area contributed by atoms with Crippen molar-refractivity contribution >= 4 is 29.0 Å². The summed E-state index contributed by atoms with van der Waals surface area (Å²) < 4.78 is 7.77. The molecule has 1 heterocycles. The summed E-state index contributed by atoms with van der Waals surface area (Å²) in [7, 11) is 0. The van der Waals surface area contributed by atoms with Crippen LogP contribution in [0.5, 0.6) is 5.75 Å². The molecule has 0 aliphatic heterocycles. The normalized spacial score (nSPS) is 10.8. The minimum atomic E-state index is -0.0803. The van der Waals surface area contributed by atoms with Crippen molar-refractivity contribution in [3.63, 3.8) is 0 Å². The van der Waals surface area contributed by atoms with E-state index in [2.05, 4.69) is 16.7 Å². The Morgan fingerprint density at radius 1 is 1.04 bits per heavy atom. The highest BCUT2D eigenvalue weighted by molar-refractivity contribution is 6.42. The van der Waals surface area contributed by atoms with Gasteiger partial charge >= 0.3 is 0 Å². The smallest absolute Gasteiger partial charge is 0.202 e. The number of aryl methyl sites for hydroxylation is 2. The Bertz CT molecular complexity index is 948. The molecule has 3 aromatic rings. The number of hydrogen-bond donors (Lipinski definition) is 0. The number of ketones is 1. The number of hydrogen-bond acceptors (Lipinski definition) is 2. The van der Waals surface area contributed by atoms with Crippen molar-refractivity contribution in [2.45, 2.75) is 26.8 Å². The van der Waals surface area contributed by atoms with Gasteiger partial charge in [0.15, 0.2) is 6.61 Å². The predicted octanol–water partition coefficient (Wildman–Crippen LogP) is 5.92. The molecule has 0 bridgehead atoms. The first-order chi connectivity index (χ1) is 13.0. The van der Waals surface area contributed by atoms with E-state index in [0.717, 1.165) is 24.4 Å². The summed E-state index contributed by atoms with van der Waals surface area (Å²) in [6.07, 6.45) is 0.916. The summed E-state index contributed by atoms with van der Waals surface area (Å²) in [5, 5.41) is 0.723. The summed E-state index contributed by atoms with van der Waals surface area (Å²) in [6, 6.07) is 17.4. The second-order valence-corrected chi connectivity index (χ2v) is 7.22. The minimum Gasteiger partial charge on any atom is -0.484 e. The van der Waals surface area contributed by atoms with E-state index in [1.165, 1.54) is 5.56 Å². The van der Waals surface area contributed by atoms with Crippen LogP contribution in [-0.4, -0.2) is 17.0 Å². The number of aromatic nitrogens is 1. The maximum atomic E-state index is 12.7. The van der Waals surface area contributed by atoms with Gasteiger partial charge in [-0.2, -0.15) is 0 Å². The molecule has 0 saturated carbocycles. The van der Waals surface area contributed by atoms with Crippen LogP contribution in [0.4, 0.5) is 0 Å². The van der Waals surface area contributed by atoms with Crippen LogP contribution in [0.25, 0.3) is 0 Å². The van der Waals surface area contributed by atoms with Crippen LogP contribution >= 0.6 is 23.2 Å². The Morgan fingerprint density at radius 3 is 2.52 bits per heavy atom. The Balaban J connectivity index is 1.69. The molecule has 1 aromatic heterocycles. The zero-order valence-corrected chi connectivity index (χ0v) is 16.8. The number of ether oxygens (including phenoxy) is 1. The molecule has 3 nitrogen and oxygen atoms in total. The molecule has 5 heteroatoms.